The molecule has 10 heteroatoms. The number of ether oxygens (including phenoxy) is 1. The summed E-state index contributed by atoms with van der Waals surface area (Å²) in [5.74, 6) is -1.09. The molecule has 3 aromatic carbocycles. The average Bonchev–Trinajstić information content (AvgIpc) is 2.82. The minimum absolute atomic E-state index is 0.00664. The summed E-state index contributed by atoms with van der Waals surface area (Å²) in [6.07, 6.45) is -4.98. The Kier molecular flexibility index (Phi) is 9.68. The van der Waals surface area contributed by atoms with Crippen LogP contribution in [0.1, 0.15) is 61.8 Å². The first-order valence-electron chi connectivity index (χ1n) is 12.9. The van der Waals surface area contributed by atoms with Crippen molar-refractivity contribution in [3.8, 4) is 16.9 Å². The third kappa shape index (κ3) is 8.32. The van der Waals surface area contributed by atoms with Crippen molar-refractivity contribution in [3.63, 3.8) is 0 Å². The zero-order valence-electron chi connectivity index (χ0n) is 23.5. The van der Waals surface area contributed by atoms with Gasteiger partial charge in [0.15, 0.2) is 0 Å². The number of hydrogen-bond donors (Lipinski definition) is 1. The minimum Gasteiger partial charge on any atom is -0.406 e. The highest BCUT2D eigenvalue weighted by molar-refractivity contribution is 7.90. The lowest BCUT2D eigenvalue weighted by Gasteiger charge is -2.22. The Morgan fingerprint density at radius 1 is 0.900 bits per heavy atom. The number of hydrogen-bond acceptors (Lipinski definition) is 5. The molecule has 0 heterocycles. The molecule has 3 aromatic rings. The van der Waals surface area contributed by atoms with Crippen molar-refractivity contribution in [2.24, 2.45) is 0 Å². The number of sulfonamides is 1. The molecule has 0 aliphatic heterocycles. The van der Waals surface area contributed by atoms with Gasteiger partial charge in [0.25, 0.3) is 10.0 Å². The Bertz CT molecular complexity index is 1420. The number of carbonyl (C=O) groups is 1. The second-order valence-electron chi connectivity index (χ2n) is 10.6. The number of carbonyl (C=O) groups excluding carboxylic acids is 1. The van der Waals surface area contributed by atoms with E-state index in [4.69, 9.17) is 0 Å². The van der Waals surface area contributed by atoms with Crippen LogP contribution in [-0.2, 0) is 27.8 Å². The molecule has 0 atom stereocenters. The number of alkyl halides is 3. The predicted molar refractivity (Wildman–Crippen MR) is 150 cm³/mol. The molecule has 0 aliphatic rings. The molecule has 0 fully saturated rings. The van der Waals surface area contributed by atoms with E-state index in [0.29, 0.717) is 23.2 Å². The normalized spacial score (nSPS) is 12.3. The van der Waals surface area contributed by atoms with Crippen molar-refractivity contribution in [2.75, 3.05) is 14.1 Å². The number of halogens is 3. The van der Waals surface area contributed by atoms with Gasteiger partial charge in [-0.05, 0) is 83.6 Å². The SMILES string of the molecule is CC(C)c1cc(-c2cccc(OC(F)(F)F)c2)cc(C(C)C)c1CC(=O)NS(=O)(=O)c1ccc(CN(C)C)cc1. The lowest BCUT2D eigenvalue weighted by Crippen LogP contribution is -2.32. The minimum atomic E-state index is -4.81. The van der Waals surface area contributed by atoms with Crippen LogP contribution in [0.4, 0.5) is 13.2 Å². The van der Waals surface area contributed by atoms with E-state index in [9.17, 15) is 26.4 Å². The van der Waals surface area contributed by atoms with E-state index in [0.717, 1.165) is 16.7 Å². The van der Waals surface area contributed by atoms with Gasteiger partial charge in [0.2, 0.25) is 5.91 Å². The highest BCUT2D eigenvalue weighted by atomic mass is 32.2. The molecular formula is C30H35F3N2O4S. The summed E-state index contributed by atoms with van der Waals surface area (Å²) < 4.78 is 70.5. The number of benzene rings is 3. The lowest BCUT2D eigenvalue weighted by atomic mass is 9.84. The zero-order chi connectivity index (χ0) is 29.8. The van der Waals surface area contributed by atoms with Crippen LogP contribution in [0.5, 0.6) is 5.75 Å². The third-order valence-electron chi connectivity index (χ3n) is 6.28. The Labute approximate surface area is 234 Å². The molecule has 0 aliphatic carbocycles. The van der Waals surface area contributed by atoms with Gasteiger partial charge in [0, 0.05) is 6.54 Å². The first kappa shape index (κ1) is 31.2. The van der Waals surface area contributed by atoms with Crippen LogP contribution < -0.4 is 9.46 Å². The summed E-state index contributed by atoms with van der Waals surface area (Å²) in [4.78, 5) is 15.0. The predicted octanol–water partition coefficient (Wildman–Crippen LogP) is 6.61. The molecule has 0 radical (unpaired) electrons. The maximum Gasteiger partial charge on any atom is 0.573 e. The van der Waals surface area contributed by atoms with Crippen molar-refractivity contribution in [1.29, 1.82) is 0 Å². The van der Waals surface area contributed by atoms with Crippen LogP contribution >= 0.6 is 0 Å². The van der Waals surface area contributed by atoms with Crippen molar-refractivity contribution in [1.82, 2.24) is 9.62 Å². The standard InChI is InChI=1S/C30H35F3N2O4S/c1-19(2)26-15-23(22-8-7-9-24(14-22)39-30(31,32)33)16-27(20(3)4)28(26)17-29(36)34-40(37,38)25-12-10-21(11-13-25)18-35(5)6/h7-16,19-20H,17-18H2,1-6H3,(H,34,36). The highest BCUT2D eigenvalue weighted by Gasteiger charge is 2.31. The maximum absolute atomic E-state index is 13.1. The smallest absolute Gasteiger partial charge is 0.406 e. The Morgan fingerprint density at radius 2 is 1.48 bits per heavy atom. The van der Waals surface area contributed by atoms with Crippen LogP contribution in [-0.4, -0.2) is 39.7 Å². The average molecular weight is 577 g/mol. The van der Waals surface area contributed by atoms with E-state index < -0.39 is 22.3 Å². The van der Waals surface area contributed by atoms with Gasteiger partial charge in [-0.25, -0.2) is 13.1 Å². The van der Waals surface area contributed by atoms with Gasteiger partial charge in [-0.1, -0.05) is 64.1 Å². The third-order valence-corrected chi connectivity index (χ3v) is 7.67. The van der Waals surface area contributed by atoms with Crippen LogP contribution in [0.2, 0.25) is 0 Å². The number of nitrogens with zero attached hydrogens (tertiary/aromatic N) is 1. The molecule has 0 saturated heterocycles. The fraction of sp³-hybridized carbons (Fsp3) is 0.367. The van der Waals surface area contributed by atoms with Gasteiger partial charge in [-0.3, -0.25) is 4.79 Å². The quantitative estimate of drug-likeness (QED) is 0.294. The Hall–Kier alpha value is -3.37. The first-order chi connectivity index (χ1) is 18.6. The number of amides is 1. The van der Waals surface area contributed by atoms with E-state index in [1.54, 1.807) is 18.2 Å². The molecule has 1 amide bonds. The summed E-state index contributed by atoms with van der Waals surface area (Å²) in [6, 6.07) is 15.8. The fourth-order valence-corrected chi connectivity index (χ4v) is 5.52. The molecule has 0 aromatic heterocycles. The van der Waals surface area contributed by atoms with Gasteiger partial charge in [0.05, 0.1) is 11.3 Å². The van der Waals surface area contributed by atoms with Crippen LogP contribution in [0.3, 0.4) is 0 Å². The second-order valence-corrected chi connectivity index (χ2v) is 12.3. The first-order valence-corrected chi connectivity index (χ1v) is 14.4. The summed E-state index contributed by atoms with van der Waals surface area (Å²) in [6.45, 7) is 8.43. The topological polar surface area (TPSA) is 75.7 Å². The molecule has 0 spiro atoms. The van der Waals surface area contributed by atoms with E-state index >= 15 is 0 Å². The van der Waals surface area contributed by atoms with E-state index in [1.807, 2.05) is 58.8 Å². The summed E-state index contributed by atoms with van der Waals surface area (Å²) in [5.41, 5.74) is 4.46. The van der Waals surface area contributed by atoms with Crippen molar-refractivity contribution < 1.29 is 31.1 Å². The van der Waals surface area contributed by atoms with Crippen LogP contribution in [0.15, 0.2) is 65.6 Å². The Balaban J connectivity index is 1.93. The second kappa shape index (κ2) is 12.4. The molecule has 0 saturated carbocycles. The summed E-state index contributed by atoms with van der Waals surface area (Å²) >= 11 is 0. The van der Waals surface area contributed by atoms with Gasteiger partial charge < -0.3 is 9.64 Å². The number of nitrogens with one attached hydrogen (secondary N) is 1. The molecule has 40 heavy (non-hydrogen) atoms. The maximum atomic E-state index is 13.1. The molecule has 0 unspecified atom stereocenters. The van der Waals surface area contributed by atoms with E-state index in [2.05, 4.69) is 9.46 Å². The van der Waals surface area contributed by atoms with Crippen molar-refractivity contribution in [2.45, 2.75) is 63.8 Å². The highest BCUT2D eigenvalue weighted by Crippen LogP contribution is 2.35. The van der Waals surface area contributed by atoms with Crippen molar-refractivity contribution >= 4 is 15.9 Å². The molecule has 0 bridgehead atoms. The molecule has 216 valence electrons. The van der Waals surface area contributed by atoms with Gasteiger partial charge in [-0.15, -0.1) is 13.2 Å². The molecule has 3 rings (SSSR count). The van der Waals surface area contributed by atoms with Gasteiger partial charge in [-0.2, -0.15) is 0 Å². The van der Waals surface area contributed by atoms with E-state index in [1.165, 1.54) is 30.3 Å². The Morgan fingerprint density at radius 3 is 1.98 bits per heavy atom. The molecular weight excluding hydrogens is 541 g/mol. The van der Waals surface area contributed by atoms with Gasteiger partial charge in [0.1, 0.15) is 5.75 Å². The van der Waals surface area contributed by atoms with Crippen LogP contribution in [0, 0.1) is 0 Å². The zero-order valence-corrected chi connectivity index (χ0v) is 24.3. The fourth-order valence-electron chi connectivity index (χ4n) is 4.54. The van der Waals surface area contributed by atoms with Crippen LogP contribution in [0.25, 0.3) is 11.1 Å². The van der Waals surface area contributed by atoms with Crippen molar-refractivity contribution in [3.05, 3.63) is 82.9 Å². The number of rotatable bonds is 10. The molecule has 6 nitrogen and oxygen atoms in total. The molecule has 1 N–H and O–H groups in total. The summed E-state index contributed by atoms with van der Waals surface area (Å²) in [7, 11) is -0.260. The van der Waals surface area contributed by atoms with Gasteiger partial charge >= 0.3 is 6.36 Å². The monoisotopic (exact) mass is 576 g/mol. The summed E-state index contributed by atoms with van der Waals surface area (Å²) in [5, 5.41) is 0. The largest absolute Gasteiger partial charge is 0.573 e. The van der Waals surface area contributed by atoms with E-state index in [-0.39, 0.29) is 28.9 Å². The lowest BCUT2D eigenvalue weighted by molar-refractivity contribution is -0.274.